The Morgan fingerprint density at radius 2 is 2.10 bits per heavy atom. The number of aliphatic hydroxyl groups excluding tert-OH is 1. The Bertz CT molecular complexity index is 381. The smallest absolute Gasteiger partial charge is 0.0635 e. The van der Waals surface area contributed by atoms with E-state index in [2.05, 4.69) is 34.5 Å². The van der Waals surface area contributed by atoms with Crippen LogP contribution in [0.3, 0.4) is 0 Å². The van der Waals surface area contributed by atoms with E-state index in [1.165, 1.54) is 24.1 Å². The highest BCUT2D eigenvalue weighted by molar-refractivity contribution is 5.49. The number of methoxy groups -OCH3 is 1. The fourth-order valence-electron chi connectivity index (χ4n) is 2.74. The van der Waals surface area contributed by atoms with Gasteiger partial charge in [0.25, 0.3) is 0 Å². The van der Waals surface area contributed by atoms with Crippen LogP contribution >= 0.6 is 0 Å². The molecule has 4 nitrogen and oxygen atoms in total. The van der Waals surface area contributed by atoms with E-state index in [-0.39, 0.29) is 12.6 Å². The van der Waals surface area contributed by atoms with Gasteiger partial charge in [0.15, 0.2) is 0 Å². The van der Waals surface area contributed by atoms with Crippen molar-refractivity contribution >= 4 is 5.69 Å². The van der Waals surface area contributed by atoms with Gasteiger partial charge < -0.3 is 20.1 Å². The average molecular weight is 278 g/mol. The first-order valence-electron chi connectivity index (χ1n) is 7.51. The summed E-state index contributed by atoms with van der Waals surface area (Å²) in [6.45, 7) is 3.78. The summed E-state index contributed by atoms with van der Waals surface area (Å²) >= 11 is 0. The molecule has 1 fully saturated rings. The van der Waals surface area contributed by atoms with Crippen molar-refractivity contribution in [2.45, 2.75) is 31.8 Å². The third-order valence-electron chi connectivity index (χ3n) is 3.92. The molecule has 1 aliphatic heterocycles. The third-order valence-corrected chi connectivity index (χ3v) is 3.92. The Labute approximate surface area is 121 Å². The Hall–Kier alpha value is -1.10. The number of hydrogen-bond acceptors (Lipinski definition) is 4. The standard InChI is InChI=1S/C16H26N2O2/c1-20-11-9-17-12-14-5-7-15(8-6-14)18-10-3-2-4-16(18)13-19/h5-8,16-17,19H,2-4,9-13H2,1H3. The highest BCUT2D eigenvalue weighted by atomic mass is 16.5. The maximum atomic E-state index is 9.48. The molecule has 0 saturated carbocycles. The molecular weight excluding hydrogens is 252 g/mol. The minimum Gasteiger partial charge on any atom is -0.394 e. The van der Waals surface area contributed by atoms with E-state index in [9.17, 15) is 5.11 Å². The molecular formula is C16H26N2O2. The largest absolute Gasteiger partial charge is 0.394 e. The van der Waals surface area contributed by atoms with Crippen LogP contribution in [0.25, 0.3) is 0 Å². The number of anilines is 1. The third kappa shape index (κ3) is 4.20. The first-order valence-corrected chi connectivity index (χ1v) is 7.51. The minimum absolute atomic E-state index is 0.250. The van der Waals surface area contributed by atoms with Gasteiger partial charge in [0.1, 0.15) is 0 Å². The Balaban J connectivity index is 1.89. The lowest BCUT2D eigenvalue weighted by molar-refractivity contribution is 0.199. The predicted octanol–water partition coefficient (Wildman–Crippen LogP) is 1.77. The summed E-state index contributed by atoms with van der Waals surface area (Å²) in [5.74, 6) is 0. The van der Waals surface area contributed by atoms with Crippen LogP contribution in [0.4, 0.5) is 5.69 Å². The molecule has 1 aromatic rings. The van der Waals surface area contributed by atoms with Crippen molar-refractivity contribution in [1.82, 2.24) is 5.32 Å². The first kappa shape index (κ1) is 15.3. The first-order chi connectivity index (χ1) is 9.85. The number of piperidine rings is 1. The zero-order valence-corrected chi connectivity index (χ0v) is 12.3. The number of rotatable bonds is 7. The fraction of sp³-hybridized carbons (Fsp3) is 0.625. The van der Waals surface area contributed by atoms with Crippen LogP contribution in [0.2, 0.25) is 0 Å². The van der Waals surface area contributed by atoms with Gasteiger partial charge in [-0.2, -0.15) is 0 Å². The van der Waals surface area contributed by atoms with E-state index in [1.54, 1.807) is 7.11 Å². The van der Waals surface area contributed by atoms with E-state index in [0.717, 1.165) is 32.7 Å². The number of nitrogens with one attached hydrogen (secondary N) is 1. The van der Waals surface area contributed by atoms with Gasteiger partial charge in [0.2, 0.25) is 0 Å². The summed E-state index contributed by atoms with van der Waals surface area (Å²) in [6.07, 6.45) is 3.54. The molecule has 2 N–H and O–H groups in total. The Morgan fingerprint density at radius 1 is 1.30 bits per heavy atom. The average Bonchev–Trinajstić information content (AvgIpc) is 2.52. The molecule has 1 aliphatic rings. The summed E-state index contributed by atoms with van der Waals surface area (Å²) < 4.78 is 5.01. The van der Waals surface area contributed by atoms with E-state index >= 15 is 0 Å². The van der Waals surface area contributed by atoms with Crippen LogP contribution < -0.4 is 10.2 Å². The van der Waals surface area contributed by atoms with Gasteiger partial charge in [-0.25, -0.2) is 0 Å². The quantitative estimate of drug-likeness (QED) is 0.746. The van der Waals surface area contributed by atoms with Crippen LogP contribution in [0, 0.1) is 0 Å². The maximum Gasteiger partial charge on any atom is 0.0635 e. The van der Waals surface area contributed by atoms with Crippen molar-refractivity contribution in [2.24, 2.45) is 0 Å². The van der Waals surface area contributed by atoms with Gasteiger partial charge in [-0.15, -0.1) is 0 Å². The minimum atomic E-state index is 0.250. The summed E-state index contributed by atoms with van der Waals surface area (Å²) in [5.41, 5.74) is 2.51. The molecule has 1 atom stereocenters. The maximum absolute atomic E-state index is 9.48. The van der Waals surface area contributed by atoms with Gasteiger partial charge in [-0.05, 0) is 37.0 Å². The number of hydrogen-bond donors (Lipinski definition) is 2. The van der Waals surface area contributed by atoms with Crippen molar-refractivity contribution < 1.29 is 9.84 Å². The molecule has 0 aliphatic carbocycles. The number of aliphatic hydroxyl groups is 1. The van der Waals surface area contributed by atoms with Crippen molar-refractivity contribution in [1.29, 1.82) is 0 Å². The second-order valence-corrected chi connectivity index (χ2v) is 5.36. The summed E-state index contributed by atoms with van der Waals surface area (Å²) in [5, 5.41) is 12.8. The number of nitrogens with zero attached hydrogens (tertiary/aromatic N) is 1. The van der Waals surface area contributed by atoms with Crippen molar-refractivity contribution in [3.05, 3.63) is 29.8 Å². The van der Waals surface area contributed by atoms with Crippen LogP contribution in [0.5, 0.6) is 0 Å². The highest BCUT2D eigenvalue weighted by Crippen LogP contribution is 2.24. The molecule has 112 valence electrons. The highest BCUT2D eigenvalue weighted by Gasteiger charge is 2.21. The topological polar surface area (TPSA) is 44.7 Å². The molecule has 0 spiro atoms. The zero-order valence-electron chi connectivity index (χ0n) is 12.3. The molecule has 0 radical (unpaired) electrons. The lowest BCUT2D eigenvalue weighted by Gasteiger charge is -2.36. The predicted molar refractivity (Wildman–Crippen MR) is 82.1 cm³/mol. The summed E-state index contributed by atoms with van der Waals surface area (Å²) in [6, 6.07) is 8.95. The summed E-state index contributed by atoms with van der Waals surface area (Å²) in [7, 11) is 1.71. The number of ether oxygens (including phenoxy) is 1. The molecule has 0 bridgehead atoms. The monoisotopic (exact) mass is 278 g/mol. The lowest BCUT2D eigenvalue weighted by atomic mass is 10.0. The van der Waals surface area contributed by atoms with E-state index in [0.29, 0.717) is 0 Å². The van der Waals surface area contributed by atoms with Gasteiger partial charge in [0.05, 0.1) is 19.3 Å². The Morgan fingerprint density at radius 3 is 2.80 bits per heavy atom. The van der Waals surface area contributed by atoms with Crippen LogP contribution in [0.1, 0.15) is 24.8 Å². The normalized spacial score (nSPS) is 19.3. The van der Waals surface area contributed by atoms with Gasteiger partial charge in [0, 0.05) is 32.4 Å². The van der Waals surface area contributed by atoms with Gasteiger partial charge in [-0.1, -0.05) is 12.1 Å². The van der Waals surface area contributed by atoms with Crippen LogP contribution in [-0.4, -0.2) is 44.6 Å². The van der Waals surface area contributed by atoms with Gasteiger partial charge >= 0.3 is 0 Å². The second-order valence-electron chi connectivity index (χ2n) is 5.36. The van der Waals surface area contributed by atoms with Gasteiger partial charge in [-0.3, -0.25) is 0 Å². The van der Waals surface area contributed by atoms with E-state index in [4.69, 9.17) is 4.74 Å². The van der Waals surface area contributed by atoms with Crippen molar-refractivity contribution in [3.8, 4) is 0 Å². The SMILES string of the molecule is COCCNCc1ccc(N2CCCCC2CO)cc1. The molecule has 20 heavy (non-hydrogen) atoms. The Kier molecular flexibility index (Phi) is 6.30. The van der Waals surface area contributed by atoms with Crippen molar-refractivity contribution in [2.75, 3.05) is 38.3 Å². The van der Waals surface area contributed by atoms with Crippen LogP contribution in [0.15, 0.2) is 24.3 Å². The fourth-order valence-corrected chi connectivity index (χ4v) is 2.74. The summed E-state index contributed by atoms with van der Waals surface area (Å²) in [4.78, 5) is 2.34. The van der Waals surface area contributed by atoms with Crippen LogP contribution in [-0.2, 0) is 11.3 Å². The molecule has 0 aromatic heterocycles. The molecule has 2 rings (SSSR count). The molecule has 0 amide bonds. The molecule has 1 saturated heterocycles. The number of benzene rings is 1. The zero-order chi connectivity index (χ0) is 14.2. The van der Waals surface area contributed by atoms with E-state index < -0.39 is 0 Å². The molecule has 1 heterocycles. The lowest BCUT2D eigenvalue weighted by Crippen LogP contribution is -2.41. The molecule has 1 unspecified atom stereocenters. The molecule has 1 aromatic carbocycles. The second kappa shape index (κ2) is 8.25. The van der Waals surface area contributed by atoms with Crippen molar-refractivity contribution in [3.63, 3.8) is 0 Å². The van der Waals surface area contributed by atoms with E-state index in [1.807, 2.05) is 0 Å². The molecule has 4 heteroatoms.